The highest BCUT2D eigenvalue weighted by Gasteiger charge is 2.40. The molecule has 1 aromatic heterocycles. The third kappa shape index (κ3) is 2.59. The molecule has 1 unspecified atom stereocenters. The lowest BCUT2D eigenvalue weighted by Crippen LogP contribution is -2.49. The average Bonchev–Trinajstić information content (AvgIpc) is 3.01. The van der Waals surface area contributed by atoms with E-state index < -0.39 is 0 Å². The number of rotatable bonds is 6. The van der Waals surface area contributed by atoms with Gasteiger partial charge in [-0.15, -0.1) is 0 Å². The zero-order valence-corrected chi connectivity index (χ0v) is 11.8. The molecule has 1 N–H and O–H groups in total. The van der Waals surface area contributed by atoms with Crippen LogP contribution in [0.5, 0.6) is 0 Å². The number of nitrogens with one attached hydrogen (secondary N) is 1. The molecule has 1 saturated carbocycles. The molecule has 0 spiro atoms. The van der Waals surface area contributed by atoms with Gasteiger partial charge in [-0.25, -0.2) is 0 Å². The van der Waals surface area contributed by atoms with Gasteiger partial charge >= 0.3 is 0 Å². The second-order valence-electron chi connectivity index (χ2n) is 5.30. The van der Waals surface area contributed by atoms with Crippen LogP contribution in [-0.4, -0.2) is 35.6 Å². The second-order valence-corrected chi connectivity index (χ2v) is 5.30. The van der Waals surface area contributed by atoms with E-state index in [4.69, 9.17) is 4.74 Å². The van der Waals surface area contributed by atoms with Crippen molar-refractivity contribution in [2.45, 2.75) is 50.2 Å². The van der Waals surface area contributed by atoms with E-state index in [1.807, 2.05) is 32.1 Å². The first-order valence-corrected chi connectivity index (χ1v) is 6.91. The maximum absolute atomic E-state index is 5.87. The molecule has 0 saturated heterocycles. The third-order valence-electron chi connectivity index (χ3n) is 4.45. The minimum Gasteiger partial charge on any atom is -0.377 e. The number of nitrogens with zero attached hydrogens (tertiary/aromatic N) is 2. The van der Waals surface area contributed by atoms with Crippen molar-refractivity contribution in [1.82, 2.24) is 15.1 Å². The number of aromatic nitrogens is 2. The van der Waals surface area contributed by atoms with Gasteiger partial charge in [-0.05, 0) is 38.8 Å². The summed E-state index contributed by atoms with van der Waals surface area (Å²) >= 11 is 0. The SMILES string of the molecule is CNC(CCc1ccnn1C)C1(OC)CCCC1. The molecule has 0 aromatic carbocycles. The summed E-state index contributed by atoms with van der Waals surface area (Å²) in [6, 6.07) is 2.53. The lowest BCUT2D eigenvalue weighted by molar-refractivity contribution is -0.0358. The smallest absolute Gasteiger partial charge is 0.0831 e. The van der Waals surface area contributed by atoms with Crippen molar-refractivity contribution in [3.63, 3.8) is 0 Å². The van der Waals surface area contributed by atoms with Gasteiger partial charge in [-0.2, -0.15) is 5.10 Å². The fraction of sp³-hybridized carbons (Fsp3) is 0.786. The zero-order valence-electron chi connectivity index (χ0n) is 11.8. The predicted molar refractivity (Wildman–Crippen MR) is 72.6 cm³/mol. The first-order valence-electron chi connectivity index (χ1n) is 6.91. The number of likely N-dealkylation sites (N-methyl/N-ethyl adjacent to an activating group) is 1. The quantitative estimate of drug-likeness (QED) is 0.839. The normalized spacial score (nSPS) is 20.2. The molecule has 4 heteroatoms. The highest BCUT2D eigenvalue weighted by Crippen LogP contribution is 2.37. The summed E-state index contributed by atoms with van der Waals surface area (Å²) in [5.41, 5.74) is 1.34. The Morgan fingerprint density at radius 2 is 2.22 bits per heavy atom. The molecule has 1 aliphatic carbocycles. The minimum atomic E-state index is 0.0490. The summed E-state index contributed by atoms with van der Waals surface area (Å²) in [7, 11) is 5.91. The van der Waals surface area contributed by atoms with Crippen LogP contribution >= 0.6 is 0 Å². The van der Waals surface area contributed by atoms with Crippen LogP contribution in [0.1, 0.15) is 37.8 Å². The van der Waals surface area contributed by atoms with Gasteiger partial charge in [0.25, 0.3) is 0 Å². The molecule has 0 aliphatic heterocycles. The van der Waals surface area contributed by atoms with Gasteiger partial charge < -0.3 is 10.1 Å². The molecule has 2 rings (SSSR count). The first-order chi connectivity index (χ1) is 8.72. The van der Waals surface area contributed by atoms with Crippen LogP contribution < -0.4 is 5.32 Å². The molecule has 1 fully saturated rings. The Morgan fingerprint density at radius 3 is 2.72 bits per heavy atom. The van der Waals surface area contributed by atoms with E-state index in [0.29, 0.717) is 6.04 Å². The molecule has 1 atom stereocenters. The van der Waals surface area contributed by atoms with Gasteiger partial charge in [0.2, 0.25) is 0 Å². The fourth-order valence-corrected chi connectivity index (χ4v) is 3.28. The molecule has 0 bridgehead atoms. The van der Waals surface area contributed by atoms with Crippen LogP contribution in [0.25, 0.3) is 0 Å². The predicted octanol–water partition coefficient (Wildman–Crippen LogP) is 1.90. The van der Waals surface area contributed by atoms with Crippen LogP contribution in [0.4, 0.5) is 0 Å². The maximum atomic E-state index is 5.87. The number of ether oxygens (including phenoxy) is 1. The Kier molecular flexibility index (Phi) is 4.40. The summed E-state index contributed by atoms with van der Waals surface area (Å²) in [5, 5.41) is 7.68. The van der Waals surface area contributed by atoms with Gasteiger partial charge in [0.1, 0.15) is 0 Å². The topological polar surface area (TPSA) is 39.1 Å². The van der Waals surface area contributed by atoms with Crippen LogP contribution in [0.3, 0.4) is 0 Å². The van der Waals surface area contributed by atoms with Gasteiger partial charge in [0.15, 0.2) is 0 Å². The summed E-state index contributed by atoms with van der Waals surface area (Å²) in [4.78, 5) is 0. The summed E-state index contributed by atoms with van der Waals surface area (Å²) in [6.45, 7) is 0. The summed E-state index contributed by atoms with van der Waals surface area (Å²) in [6.07, 6.45) is 8.96. The molecular formula is C14H25N3O. The number of hydrogen-bond donors (Lipinski definition) is 1. The van der Waals surface area contributed by atoms with Crippen molar-refractivity contribution in [1.29, 1.82) is 0 Å². The van der Waals surface area contributed by atoms with E-state index in [0.717, 1.165) is 12.8 Å². The molecule has 1 aliphatic rings. The Labute approximate surface area is 110 Å². The number of hydrogen-bond acceptors (Lipinski definition) is 3. The molecule has 1 aromatic rings. The van der Waals surface area contributed by atoms with Gasteiger partial charge in [-0.3, -0.25) is 4.68 Å². The summed E-state index contributed by atoms with van der Waals surface area (Å²) in [5.74, 6) is 0. The lowest BCUT2D eigenvalue weighted by Gasteiger charge is -2.36. The van der Waals surface area contributed by atoms with E-state index >= 15 is 0 Å². The number of aryl methyl sites for hydroxylation is 2. The molecule has 18 heavy (non-hydrogen) atoms. The largest absolute Gasteiger partial charge is 0.377 e. The van der Waals surface area contributed by atoms with Gasteiger partial charge in [0, 0.05) is 32.1 Å². The van der Waals surface area contributed by atoms with Crippen molar-refractivity contribution in [3.05, 3.63) is 18.0 Å². The molecule has 0 radical (unpaired) electrons. The molecule has 0 amide bonds. The third-order valence-corrected chi connectivity index (χ3v) is 4.45. The Morgan fingerprint density at radius 1 is 1.50 bits per heavy atom. The second kappa shape index (κ2) is 5.85. The maximum Gasteiger partial charge on any atom is 0.0831 e. The average molecular weight is 251 g/mol. The highest BCUT2D eigenvalue weighted by molar-refractivity contribution is 5.03. The van der Waals surface area contributed by atoms with Crippen LogP contribution in [0, 0.1) is 0 Å². The van der Waals surface area contributed by atoms with Crippen molar-refractivity contribution >= 4 is 0 Å². The standard InChI is InChI=1S/C14H25N3O/c1-15-13(14(18-3)9-4-5-10-14)7-6-12-8-11-16-17(12)2/h8,11,13,15H,4-7,9-10H2,1-3H3. The van der Waals surface area contributed by atoms with Crippen molar-refractivity contribution in [2.24, 2.45) is 7.05 Å². The molecule has 102 valence electrons. The fourth-order valence-electron chi connectivity index (χ4n) is 3.28. The first kappa shape index (κ1) is 13.6. The van der Waals surface area contributed by atoms with Crippen LogP contribution in [0.2, 0.25) is 0 Å². The Hall–Kier alpha value is -0.870. The molecule has 1 heterocycles. The van der Waals surface area contributed by atoms with Gasteiger partial charge in [0.05, 0.1) is 5.60 Å². The van der Waals surface area contributed by atoms with Crippen molar-refractivity contribution < 1.29 is 4.74 Å². The Balaban J connectivity index is 1.98. The van der Waals surface area contributed by atoms with Crippen LogP contribution in [0.15, 0.2) is 12.3 Å². The van der Waals surface area contributed by atoms with E-state index in [2.05, 4.69) is 16.5 Å². The monoisotopic (exact) mass is 251 g/mol. The molecule has 4 nitrogen and oxygen atoms in total. The Bertz CT molecular complexity index is 369. The van der Waals surface area contributed by atoms with E-state index in [1.165, 1.54) is 31.4 Å². The lowest BCUT2D eigenvalue weighted by atomic mass is 9.88. The highest BCUT2D eigenvalue weighted by atomic mass is 16.5. The zero-order chi connectivity index (χ0) is 13.0. The minimum absolute atomic E-state index is 0.0490. The van der Waals surface area contributed by atoms with Crippen LogP contribution in [-0.2, 0) is 18.2 Å². The van der Waals surface area contributed by atoms with E-state index in [-0.39, 0.29) is 5.60 Å². The van der Waals surface area contributed by atoms with E-state index in [1.54, 1.807) is 0 Å². The van der Waals surface area contributed by atoms with Crippen molar-refractivity contribution in [2.75, 3.05) is 14.2 Å². The van der Waals surface area contributed by atoms with Crippen molar-refractivity contribution in [3.8, 4) is 0 Å². The number of methoxy groups -OCH3 is 1. The van der Waals surface area contributed by atoms with E-state index in [9.17, 15) is 0 Å². The van der Waals surface area contributed by atoms with Gasteiger partial charge in [-0.1, -0.05) is 12.8 Å². The summed E-state index contributed by atoms with van der Waals surface area (Å²) < 4.78 is 7.83. The molecular weight excluding hydrogens is 226 g/mol.